The Hall–Kier alpha value is -1.69. The quantitative estimate of drug-likeness (QED) is 0.775. The van der Waals surface area contributed by atoms with E-state index in [1.807, 2.05) is 13.0 Å². The van der Waals surface area contributed by atoms with Crippen LogP contribution in [0.25, 0.3) is 5.65 Å². The molecule has 0 saturated carbocycles. The highest BCUT2D eigenvalue weighted by Crippen LogP contribution is 2.10. The Morgan fingerprint density at radius 3 is 3.00 bits per heavy atom. The molecule has 0 aliphatic heterocycles. The molecule has 17 heavy (non-hydrogen) atoms. The second kappa shape index (κ2) is 5.09. The minimum atomic E-state index is 0.778. The van der Waals surface area contributed by atoms with Crippen LogP contribution in [0, 0.1) is 6.92 Å². The zero-order chi connectivity index (χ0) is 12.3. The fourth-order valence-electron chi connectivity index (χ4n) is 1.69. The summed E-state index contributed by atoms with van der Waals surface area (Å²) in [6, 6.07) is 1.98. The van der Waals surface area contributed by atoms with Crippen molar-refractivity contribution in [2.24, 2.45) is 0 Å². The molecule has 0 aliphatic rings. The van der Waals surface area contributed by atoms with Crippen molar-refractivity contribution in [3.8, 4) is 0 Å². The fourth-order valence-corrected chi connectivity index (χ4v) is 1.69. The molecule has 6 heteroatoms. The molecule has 0 aromatic carbocycles. The van der Waals surface area contributed by atoms with E-state index < -0.39 is 0 Å². The summed E-state index contributed by atoms with van der Waals surface area (Å²) in [5, 5.41) is 11.2. The largest absolute Gasteiger partial charge is 0.370 e. The second-order valence-corrected chi connectivity index (χ2v) is 4.37. The van der Waals surface area contributed by atoms with Gasteiger partial charge in [-0.3, -0.25) is 0 Å². The highest BCUT2D eigenvalue weighted by atomic mass is 15.4. The summed E-state index contributed by atoms with van der Waals surface area (Å²) in [7, 11) is 4.15. The van der Waals surface area contributed by atoms with Gasteiger partial charge in [0.05, 0.1) is 6.20 Å². The van der Waals surface area contributed by atoms with Gasteiger partial charge in [0.2, 0.25) is 0 Å². The first kappa shape index (κ1) is 11.8. The predicted octanol–water partition coefficient (Wildman–Crippen LogP) is 0.796. The van der Waals surface area contributed by atoms with E-state index in [-0.39, 0.29) is 0 Å². The van der Waals surface area contributed by atoms with E-state index in [1.165, 1.54) is 0 Å². The Balaban J connectivity index is 2.04. The van der Waals surface area contributed by atoms with E-state index in [4.69, 9.17) is 0 Å². The zero-order valence-electron chi connectivity index (χ0n) is 10.5. The highest BCUT2D eigenvalue weighted by molar-refractivity contribution is 5.47. The highest BCUT2D eigenvalue weighted by Gasteiger charge is 2.04. The maximum absolute atomic E-state index is 4.34. The number of hydrogen-bond acceptors (Lipinski definition) is 5. The van der Waals surface area contributed by atoms with Crippen LogP contribution in [0.15, 0.2) is 12.3 Å². The van der Waals surface area contributed by atoms with E-state index in [0.717, 1.165) is 36.7 Å². The second-order valence-electron chi connectivity index (χ2n) is 4.37. The van der Waals surface area contributed by atoms with Crippen molar-refractivity contribution in [1.82, 2.24) is 24.7 Å². The first-order valence-electron chi connectivity index (χ1n) is 5.73. The van der Waals surface area contributed by atoms with Gasteiger partial charge in [0.25, 0.3) is 0 Å². The maximum atomic E-state index is 4.34. The average Bonchev–Trinajstić information content (AvgIpc) is 2.71. The average molecular weight is 234 g/mol. The third-order valence-corrected chi connectivity index (χ3v) is 2.48. The van der Waals surface area contributed by atoms with Gasteiger partial charge in [-0.2, -0.15) is 4.52 Å². The SMILES string of the molecule is Cc1cc(NCCCN(C)C)n2nncc2n1. The zero-order valence-corrected chi connectivity index (χ0v) is 10.5. The molecule has 6 nitrogen and oxygen atoms in total. The van der Waals surface area contributed by atoms with Crippen LogP contribution in [-0.2, 0) is 0 Å². The molecule has 0 unspecified atom stereocenters. The van der Waals surface area contributed by atoms with E-state index in [9.17, 15) is 0 Å². The molecular weight excluding hydrogens is 216 g/mol. The molecule has 0 atom stereocenters. The Kier molecular flexibility index (Phi) is 3.53. The first-order chi connectivity index (χ1) is 8.16. The minimum absolute atomic E-state index is 0.778. The molecule has 0 aliphatic carbocycles. The monoisotopic (exact) mass is 234 g/mol. The van der Waals surface area contributed by atoms with Gasteiger partial charge in [-0.05, 0) is 34.0 Å². The van der Waals surface area contributed by atoms with Crippen LogP contribution in [0.1, 0.15) is 12.1 Å². The number of aryl methyl sites for hydroxylation is 1. The number of nitrogens with one attached hydrogen (secondary N) is 1. The van der Waals surface area contributed by atoms with Crippen molar-refractivity contribution in [1.29, 1.82) is 0 Å². The van der Waals surface area contributed by atoms with Crippen molar-refractivity contribution in [3.63, 3.8) is 0 Å². The van der Waals surface area contributed by atoms with Gasteiger partial charge in [-0.25, -0.2) is 4.98 Å². The lowest BCUT2D eigenvalue weighted by Gasteiger charge is -2.11. The number of fused-ring (bicyclic) bond motifs is 1. The number of anilines is 1. The van der Waals surface area contributed by atoms with E-state index in [1.54, 1.807) is 10.7 Å². The molecule has 2 rings (SSSR count). The Bertz CT molecular complexity index is 490. The summed E-state index contributed by atoms with van der Waals surface area (Å²) in [6.45, 7) is 3.95. The van der Waals surface area contributed by atoms with E-state index in [2.05, 4.69) is 39.6 Å². The molecule has 0 fully saturated rings. The molecule has 2 heterocycles. The van der Waals surface area contributed by atoms with Crippen molar-refractivity contribution < 1.29 is 0 Å². The van der Waals surface area contributed by atoms with E-state index >= 15 is 0 Å². The van der Waals surface area contributed by atoms with Gasteiger partial charge in [-0.1, -0.05) is 5.21 Å². The lowest BCUT2D eigenvalue weighted by Crippen LogP contribution is -2.17. The summed E-state index contributed by atoms with van der Waals surface area (Å²) < 4.78 is 1.72. The van der Waals surface area contributed by atoms with Crippen LogP contribution in [-0.4, -0.2) is 51.9 Å². The molecule has 0 saturated heterocycles. The van der Waals surface area contributed by atoms with Gasteiger partial charge in [0.1, 0.15) is 5.82 Å². The number of hydrogen-bond donors (Lipinski definition) is 1. The molecule has 2 aromatic heterocycles. The van der Waals surface area contributed by atoms with Crippen LogP contribution in [0.4, 0.5) is 5.82 Å². The minimum Gasteiger partial charge on any atom is -0.370 e. The summed E-state index contributed by atoms with van der Waals surface area (Å²) in [6.07, 6.45) is 2.75. The predicted molar refractivity (Wildman–Crippen MR) is 67.2 cm³/mol. The number of rotatable bonds is 5. The van der Waals surface area contributed by atoms with Gasteiger partial charge in [0.15, 0.2) is 5.65 Å². The Labute approximate surface area is 101 Å². The van der Waals surface area contributed by atoms with Gasteiger partial charge in [-0.15, -0.1) is 5.10 Å². The van der Waals surface area contributed by atoms with Crippen LogP contribution in [0.2, 0.25) is 0 Å². The van der Waals surface area contributed by atoms with Crippen molar-refractivity contribution in [3.05, 3.63) is 18.0 Å². The van der Waals surface area contributed by atoms with Gasteiger partial charge >= 0.3 is 0 Å². The van der Waals surface area contributed by atoms with Crippen molar-refractivity contribution in [2.75, 3.05) is 32.5 Å². The van der Waals surface area contributed by atoms with Gasteiger partial charge < -0.3 is 10.2 Å². The van der Waals surface area contributed by atoms with E-state index in [0.29, 0.717) is 0 Å². The van der Waals surface area contributed by atoms with Crippen molar-refractivity contribution in [2.45, 2.75) is 13.3 Å². The molecular formula is C11H18N6. The van der Waals surface area contributed by atoms with Crippen LogP contribution in [0.3, 0.4) is 0 Å². The molecule has 2 aromatic rings. The number of aromatic nitrogens is 4. The van der Waals surface area contributed by atoms with Crippen LogP contribution >= 0.6 is 0 Å². The summed E-state index contributed by atoms with van der Waals surface area (Å²) in [5.74, 6) is 0.948. The molecule has 0 radical (unpaired) electrons. The van der Waals surface area contributed by atoms with Gasteiger partial charge in [0, 0.05) is 18.3 Å². The Morgan fingerprint density at radius 2 is 2.24 bits per heavy atom. The smallest absolute Gasteiger partial charge is 0.178 e. The molecule has 1 N–H and O–H groups in total. The van der Waals surface area contributed by atoms with Crippen molar-refractivity contribution >= 4 is 11.5 Å². The topological polar surface area (TPSA) is 58.4 Å². The fraction of sp³-hybridized carbons (Fsp3) is 0.545. The molecule has 0 bridgehead atoms. The van der Waals surface area contributed by atoms with Crippen LogP contribution < -0.4 is 5.32 Å². The molecule has 0 spiro atoms. The number of nitrogens with zero attached hydrogens (tertiary/aromatic N) is 5. The maximum Gasteiger partial charge on any atom is 0.178 e. The standard InChI is InChI=1S/C11H18N6/c1-9-7-10(12-5-4-6-16(2)3)17-11(14-9)8-13-15-17/h7-8,12H,4-6H2,1-3H3. The van der Waals surface area contributed by atoms with Crippen LogP contribution in [0.5, 0.6) is 0 Å². The lowest BCUT2D eigenvalue weighted by molar-refractivity contribution is 0.405. The summed E-state index contributed by atoms with van der Waals surface area (Å²) in [4.78, 5) is 6.51. The molecule has 0 amide bonds. The Morgan fingerprint density at radius 1 is 1.41 bits per heavy atom. The third-order valence-electron chi connectivity index (χ3n) is 2.48. The molecule has 92 valence electrons. The summed E-state index contributed by atoms with van der Waals surface area (Å²) >= 11 is 0. The summed E-state index contributed by atoms with van der Waals surface area (Å²) in [5.41, 5.74) is 1.75. The lowest BCUT2D eigenvalue weighted by atomic mass is 10.3. The third kappa shape index (κ3) is 2.91. The normalized spacial score (nSPS) is 11.3. The first-order valence-corrected chi connectivity index (χ1v) is 5.73.